The van der Waals surface area contributed by atoms with Gasteiger partial charge in [-0.25, -0.2) is 4.98 Å². The van der Waals surface area contributed by atoms with Crippen LogP contribution in [0.25, 0.3) is 11.0 Å². The van der Waals surface area contributed by atoms with Gasteiger partial charge in [-0.05, 0) is 30.3 Å². The van der Waals surface area contributed by atoms with Crippen LogP contribution >= 0.6 is 34.7 Å². The molecule has 2 aromatic heterocycles. The van der Waals surface area contributed by atoms with E-state index < -0.39 is 0 Å². The largest absolute Gasteiger partial charge is 0.451 e. The van der Waals surface area contributed by atoms with Crippen LogP contribution in [0.4, 0.5) is 0 Å². The number of benzene rings is 2. The van der Waals surface area contributed by atoms with E-state index in [9.17, 15) is 4.79 Å². The summed E-state index contributed by atoms with van der Waals surface area (Å²) < 4.78 is 5.90. The minimum Gasteiger partial charge on any atom is -0.451 e. The molecule has 142 valence electrons. The van der Waals surface area contributed by atoms with Crippen molar-refractivity contribution in [2.24, 2.45) is 0 Å². The molecule has 0 radical (unpaired) electrons. The van der Waals surface area contributed by atoms with E-state index in [-0.39, 0.29) is 5.91 Å². The molecular formula is C21H17ClN2O2S2. The monoisotopic (exact) mass is 428 g/mol. The van der Waals surface area contributed by atoms with Crippen molar-refractivity contribution in [2.45, 2.75) is 17.1 Å². The highest BCUT2D eigenvalue weighted by atomic mass is 35.5. The quantitative estimate of drug-likeness (QED) is 0.377. The number of rotatable bonds is 7. The van der Waals surface area contributed by atoms with Gasteiger partial charge >= 0.3 is 0 Å². The van der Waals surface area contributed by atoms with Gasteiger partial charge in [-0.15, -0.1) is 23.1 Å². The van der Waals surface area contributed by atoms with Gasteiger partial charge in [0.15, 0.2) is 5.76 Å². The number of carbonyl (C=O) groups is 1. The molecule has 0 saturated carbocycles. The smallest absolute Gasteiger partial charge is 0.287 e. The summed E-state index contributed by atoms with van der Waals surface area (Å²) in [6, 6.07) is 15.4. The lowest BCUT2D eigenvalue weighted by molar-refractivity contribution is 0.0927. The molecule has 4 nitrogen and oxygen atoms in total. The van der Waals surface area contributed by atoms with Crippen molar-refractivity contribution in [3.63, 3.8) is 0 Å². The zero-order valence-corrected chi connectivity index (χ0v) is 17.2. The summed E-state index contributed by atoms with van der Waals surface area (Å²) in [5.41, 5.74) is 1.63. The molecule has 4 aromatic rings. The molecule has 0 fully saturated rings. The number of hydrogen-bond acceptors (Lipinski definition) is 5. The van der Waals surface area contributed by atoms with Crippen molar-refractivity contribution >= 4 is 51.6 Å². The van der Waals surface area contributed by atoms with Crippen LogP contribution < -0.4 is 5.32 Å². The number of furan rings is 1. The average Bonchev–Trinajstić information content (AvgIpc) is 3.35. The van der Waals surface area contributed by atoms with Crippen LogP contribution in [0.3, 0.4) is 0 Å². The third-order valence-corrected chi connectivity index (χ3v) is 6.34. The van der Waals surface area contributed by atoms with Gasteiger partial charge in [0, 0.05) is 51.2 Å². The number of carbonyl (C=O) groups excluding carboxylic acids is 1. The minimum atomic E-state index is -0.195. The summed E-state index contributed by atoms with van der Waals surface area (Å²) in [7, 11) is 0. The lowest BCUT2D eigenvalue weighted by Crippen LogP contribution is -2.26. The third kappa shape index (κ3) is 4.41. The maximum Gasteiger partial charge on any atom is 0.287 e. The fourth-order valence-corrected chi connectivity index (χ4v) is 4.52. The first kappa shape index (κ1) is 19.1. The van der Waals surface area contributed by atoms with Gasteiger partial charge in [-0.1, -0.05) is 29.8 Å². The third-order valence-electron chi connectivity index (χ3n) is 4.21. The lowest BCUT2D eigenvalue weighted by Gasteiger charge is -2.05. The number of nitrogens with one attached hydrogen (secondary N) is 1. The Morgan fingerprint density at radius 3 is 2.79 bits per heavy atom. The van der Waals surface area contributed by atoms with Crippen LogP contribution in [0.15, 0.2) is 69.4 Å². The van der Waals surface area contributed by atoms with Crippen molar-refractivity contribution in [1.82, 2.24) is 10.3 Å². The molecule has 2 aromatic carbocycles. The molecule has 0 bridgehead atoms. The molecule has 28 heavy (non-hydrogen) atoms. The van der Waals surface area contributed by atoms with E-state index in [1.54, 1.807) is 29.3 Å². The molecular weight excluding hydrogens is 412 g/mol. The molecule has 0 aliphatic rings. The number of fused-ring (bicyclic) bond motifs is 1. The Bertz CT molecular complexity index is 1080. The summed E-state index contributed by atoms with van der Waals surface area (Å²) in [6.45, 7) is 0.521. The average molecular weight is 429 g/mol. The zero-order chi connectivity index (χ0) is 19.3. The molecule has 1 amide bonds. The number of thiazole rings is 1. The standard InChI is InChI=1S/C21H17ClN2O2S2/c22-14-5-7-15(8-6-14)28-13-17-16-3-1-2-4-18(16)26-20(17)21(25)24-10-9-19-23-11-12-27-19/h1-8,11-12H,9-10,13H2,(H,24,25). The summed E-state index contributed by atoms with van der Waals surface area (Å²) in [5.74, 6) is 0.815. The summed E-state index contributed by atoms with van der Waals surface area (Å²) in [4.78, 5) is 18.1. The van der Waals surface area contributed by atoms with E-state index in [1.807, 2.05) is 53.9 Å². The van der Waals surface area contributed by atoms with Crippen LogP contribution in [0.5, 0.6) is 0 Å². The van der Waals surface area contributed by atoms with Gasteiger partial charge in [-0.2, -0.15) is 0 Å². The number of amides is 1. The number of hydrogen-bond donors (Lipinski definition) is 1. The van der Waals surface area contributed by atoms with E-state index in [1.165, 1.54) is 0 Å². The van der Waals surface area contributed by atoms with Crippen molar-refractivity contribution < 1.29 is 9.21 Å². The van der Waals surface area contributed by atoms with Gasteiger partial charge in [0.05, 0.1) is 5.01 Å². The minimum absolute atomic E-state index is 0.195. The topological polar surface area (TPSA) is 55.1 Å². The van der Waals surface area contributed by atoms with Crippen LogP contribution in [0.2, 0.25) is 5.02 Å². The van der Waals surface area contributed by atoms with E-state index in [0.29, 0.717) is 29.5 Å². The fourth-order valence-electron chi connectivity index (χ4n) is 2.85. The zero-order valence-electron chi connectivity index (χ0n) is 14.9. The van der Waals surface area contributed by atoms with Crippen molar-refractivity contribution in [1.29, 1.82) is 0 Å². The number of halogens is 1. The normalized spacial score (nSPS) is 11.0. The Hall–Kier alpha value is -2.28. The number of aromatic nitrogens is 1. The van der Waals surface area contributed by atoms with Crippen LogP contribution in [-0.4, -0.2) is 17.4 Å². The molecule has 7 heteroatoms. The molecule has 4 rings (SSSR count). The molecule has 2 heterocycles. The van der Waals surface area contributed by atoms with E-state index in [2.05, 4.69) is 10.3 Å². The molecule has 0 saturated heterocycles. The highest BCUT2D eigenvalue weighted by Crippen LogP contribution is 2.32. The summed E-state index contributed by atoms with van der Waals surface area (Å²) >= 11 is 9.19. The molecule has 1 N–H and O–H groups in total. The Balaban J connectivity index is 1.52. The maximum absolute atomic E-state index is 12.8. The fraction of sp³-hybridized carbons (Fsp3) is 0.143. The van der Waals surface area contributed by atoms with Gasteiger partial charge < -0.3 is 9.73 Å². The Labute approximate surface area is 175 Å². The predicted octanol–water partition coefficient (Wildman–Crippen LogP) is 5.81. The molecule has 0 atom stereocenters. The Morgan fingerprint density at radius 2 is 2.00 bits per heavy atom. The summed E-state index contributed by atoms with van der Waals surface area (Å²) in [5, 5.41) is 7.56. The second-order valence-electron chi connectivity index (χ2n) is 6.08. The van der Waals surface area contributed by atoms with Crippen LogP contribution in [-0.2, 0) is 12.2 Å². The first-order valence-corrected chi connectivity index (χ1v) is 11.0. The first-order valence-electron chi connectivity index (χ1n) is 8.76. The predicted molar refractivity (Wildman–Crippen MR) is 115 cm³/mol. The highest BCUT2D eigenvalue weighted by molar-refractivity contribution is 7.98. The van der Waals surface area contributed by atoms with Gasteiger partial charge in [0.25, 0.3) is 5.91 Å². The maximum atomic E-state index is 12.8. The summed E-state index contributed by atoms with van der Waals surface area (Å²) in [6.07, 6.45) is 2.48. The number of nitrogens with zero attached hydrogens (tertiary/aromatic N) is 1. The molecule has 0 unspecified atom stereocenters. The molecule has 0 aliphatic carbocycles. The second-order valence-corrected chi connectivity index (χ2v) is 8.54. The highest BCUT2D eigenvalue weighted by Gasteiger charge is 2.20. The van der Waals surface area contributed by atoms with Gasteiger partial charge in [0.1, 0.15) is 5.58 Å². The van der Waals surface area contributed by atoms with Gasteiger partial charge in [0.2, 0.25) is 0 Å². The number of thioether (sulfide) groups is 1. The molecule has 0 spiro atoms. The van der Waals surface area contributed by atoms with Crippen molar-refractivity contribution in [3.8, 4) is 0 Å². The first-order chi connectivity index (χ1) is 13.7. The van der Waals surface area contributed by atoms with E-state index in [0.717, 1.165) is 26.4 Å². The second kappa shape index (κ2) is 8.82. The van der Waals surface area contributed by atoms with E-state index >= 15 is 0 Å². The Kier molecular flexibility index (Phi) is 6.00. The van der Waals surface area contributed by atoms with Crippen LogP contribution in [0.1, 0.15) is 21.1 Å². The van der Waals surface area contributed by atoms with Gasteiger partial charge in [-0.3, -0.25) is 4.79 Å². The molecule has 0 aliphatic heterocycles. The van der Waals surface area contributed by atoms with Crippen molar-refractivity contribution in [3.05, 3.63) is 81.5 Å². The lowest BCUT2D eigenvalue weighted by atomic mass is 10.1. The SMILES string of the molecule is O=C(NCCc1nccs1)c1oc2ccccc2c1CSc1ccc(Cl)cc1. The van der Waals surface area contributed by atoms with Crippen LogP contribution in [0, 0.1) is 0 Å². The Morgan fingerprint density at radius 1 is 1.18 bits per heavy atom. The number of para-hydroxylation sites is 1. The van der Waals surface area contributed by atoms with Crippen molar-refractivity contribution in [2.75, 3.05) is 6.54 Å². The van der Waals surface area contributed by atoms with E-state index in [4.69, 9.17) is 16.0 Å².